The largest absolute Gasteiger partial charge is 0.480 e. The Morgan fingerprint density at radius 1 is 1.26 bits per heavy atom. The molecular formula is C18H24N2O3. The third-order valence-electron chi connectivity index (χ3n) is 3.94. The van der Waals surface area contributed by atoms with E-state index < -0.39 is 12.0 Å². The van der Waals surface area contributed by atoms with Crippen LogP contribution in [0, 0.1) is 5.92 Å². The van der Waals surface area contributed by atoms with Crippen LogP contribution >= 0.6 is 0 Å². The van der Waals surface area contributed by atoms with Crippen molar-refractivity contribution in [2.45, 2.75) is 39.2 Å². The van der Waals surface area contributed by atoms with E-state index in [9.17, 15) is 14.7 Å². The number of amides is 1. The Labute approximate surface area is 136 Å². The molecule has 1 unspecified atom stereocenters. The van der Waals surface area contributed by atoms with E-state index in [1.54, 1.807) is 0 Å². The van der Waals surface area contributed by atoms with Gasteiger partial charge in [0.15, 0.2) is 0 Å². The number of carbonyl (C=O) groups excluding carboxylic acids is 1. The lowest BCUT2D eigenvalue weighted by Crippen LogP contribution is -2.41. The van der Waals surface area contributed by atoms with Crippen molar-refractivity contribution < 1.29 is 14.7 Å². The van der Waals surface area contributed by atoms with Crippen molar-refractivity contribution in [2.75, 3.05) is 0 Å². The summed E-state index contributed by atoms with van der Waals surface area (Å²) >= 11 is 0. The van der Waals surface area contributed by atoms with Gasteiger partial charge in [-0.2, -0.15) is 0 Å². The molecule has 1 heterocycles. The lowest BCUT2D eigenvalue weighted by Gasteiger charge is -2.16. The van der Waals surface area contributed by atoms with Crippen LogP contribution in [0.3, 0.4) is 0 Å². The average molecular weight is 316 g/mol. The first-order chi connectivity index (χ1) is 10.9. The summed E-state index contributed by atoms with van der Waals surface area (Å²) in [5.74, 6) is -0.974. The molecule has 2 N–H and O–H groups in total. The van der Waals surface area contributed by atoms with Gasteiger partial charge in [-0.15, -0.1) is 0 Å². The van der Waals surface area contributed by atoms with E-state index in [1.165, 1.54) is 0 Å². The van der Waals surface area contributed by atoms with Gasteiger partial charge in [0.05, 0.1) is 0 Å². The van der Waals surface area contributed by atoms with Crippen molar-refractivity contribution >= 4 is 22.8 Å². The van der Waals surface area contributed by atoms with Gasteiger partial charge >= 0.3 is 5.97 Å². The first kappa shape index (κ1) is 17.1. The number of carboxylic acid groups (broad SMARTS) is 1. The molecule has 0 fully saturated rings. The van der Waals surface area contributed by atoms with Gasteiger partial charge in [0.25, 0.3) is 0 Å². The molecule has 0 aliphatic heterocycles. The normalized spacial score (nSPS) is 12.5. The molecule has 0 saturated carbocycles. The van der Waals surface area contributed by atoms with E-state index >= 15 is 0 Å². The molecule has 0 saturated heterocycles. The molecule has 0 spiro atoms. The molecule has 1 aromatic heterocycles. The van der Waals surface area contributed by atoms with E-state index in [0.717, 1.165) is 16.5 Å². The van der Waals surface area contributed by atoms with Gasteiger partial charge in [-0.25, -0.2) is 4.79 Å². The Balaban J connectivity index is 1.99. The van der Waals surface area contributed by atoms with Crippen LogP contribution in [0.15, 0.2) is 30.5 Å². The van der Waals surface area contributed by atoms with Crippen molar-refractivity contribution in [3.05, 3.63) is 36.0 Å². The van der Waals surface area contributed by atoms with Gasteiger partial charge in [-0.05, 0) is 30.4 Å². The van der Waals surface area contributed by atoms with E-state index in [-0.39, 0.29) is 18.2 Å². The number of aliphatic carboxylic acids is 1. The average Bonchev–Trinajstić information content (AvgIpc) is 2.81. The summed E-state index contributed by atoms with van der Waals surface area (Å²) in [6, 6.07) is 7.25. The highest BCUT2D eigenvalue weighted by atomic mass is 16.4. The second-order valence-corrected chi connectivity index (χ2v) is 6.37. The quantitative estimate of drug-likeness (QED) is 0.825. The summed E-state index contributed by atoms with van der Waals surface area (Å²) < 4.78 is 2.04. The molecule has 5 nitrogen and oxygen atoms in total. The molecule has 1 amide bonds. The Bertz CT molecular complexity index is 703. The van der Waals surface area contributed by atoms with Crippen molar-refractivity contribution in [1.82, 2.24) is 9.88 Å². The predicted octanol–water partition coefficient (Wildman–Crippen LogP) is 2.73. The lowest BCUT2D eigenvalue weighted by molar-refractivity contribution is -0.142. The summed E-state index contributed by atoms with van der Waals surface area (Å²) in [7, 11) is 1.98. The molecule has 5 heteroatoms. The molecule has 1 atom stereocenters. The van der Waals surface area contributed by atoms with Gasteiger partial charge < -0.3 is 15.0 Å². The summed E-state index contributed by atoms with van der Waals surface area (Å²) in [5, 5.41) is 12.9. The number of fused-ring (bicyclic) bond motifs is 1. The topological polar surface area (TPSA) is 71.3 Å². The summed E-state index contributed by atoms with van der Waals surface area (Å²) in [6.45, 7) is 3.89. The molecule has 124 valence electrons. The number of nitrogens with zero attached hydrogens (tertiary/aromatic N) is 1. The van der Waals surface area contributed by atoms with Crippen LogP contribution in [0.4, 0.5) is 0 Å². The summed E-state index contributed by atoms with van der Waals surface area (Å²) in [5.41, 5.74) is 2.24. The molecular weight excluding hydrogens is 292 g/mol. The molecule has 2 aromatic rings. The minimum Gasteiger partial charge on any atom is -0.480 e. The van der Waals surface area contributed by atoms with Crippen LogP contribution in [0.5, 0.6) is 0 Å². The van der Waals surface area contributed by atoms with Gasteiger partial charge in [0.1, 0.15) is 6.04 Å². The zero-order valence-corrected chi connectivity index (χ0v) is 13.9. The van der Waals surface area contributed by atoms with Crippen LogP contribution in [0.1, 0.15) is 32.3 Å². The monoisotopic (exact) mass is 316 g/mol. The van der Waals surface area contributed by atoms with Crippen LogP contribution in [-0.2, 0) is 23.1 Å². The molecule has 1 aromatic carbocycles. The Morgan fingerprint density at radius 3 is 2.61 bits per heavy atom. The Morgan fingerprint density at radius 2 is 1.96 bits per heavy atom. The van der Waals surface area contributed by atoms with Gasteiger partial charge in [-0.3, -0.25) is 4.79 Å². The Kier molecular flexibility index (Phi) is 5.42. The molecule has 0 radical (unpaired) electrons. The van der Waals surface area contributed by atoms with E-state index in [1.807, 2.05) is 55.9 Å². The van der Waals surface area contributed by atoms with Crippen molar-refractivity contribution in [3.63, 3.8) is 0 Å². The van der Waals surface area contributed by atoms with Crippen LogP contribution in [-0.4, -0.2) is 27.6 Å². The van der Waals surface area contributed by atoms with E-state index in [4.69, 9.17) is 0 Å². The SMILES string of the molecule is CC(C)CC(NC(=O)CCc1cn(C)c2ccccc12)C(=O)O. The number of rotatable bonds is 7. The first-order valence-corrected chi connectivity index (χ1v) is 7.93. The number of benzene rings is 1. The fraction of sp³-hybridized carbons (Fsp3) is 0.444. The van der Waals surface area contributed by atoms with Crippen molar-refractivity contribution in [1.29, 1.82) is 0 Å². The number of nitrogens with one attached hydrogen (secondary N) is 1. The van der Waals surface area contributed by atoms with Gasteiger partial charge in [0.2, 0.25) is 5.91 Å². The van der Waals surface area contributed by atoms with Crippen molar-refractivity contribution in [3.8, 4) is 0 Å². The highest BCUT2D eigenvalue weighted by molar-refractivity contribution is 5.86. The molecule has 23 heavy (non-hydrogen) atoms. The molecule has 0 aliphatic rings. The van der Waals surface area contributed by atoms with Crippen LogP contribution in [0.2, 0.25) is 0 Å². The zero-order valence-electron chi connectivity index (χ0n) is 13.9. The van der Waals surface area contributed by atoms with Gasteiger partial charge in [-0.1, -0.05) is 32.0 Å². The zero-order chi connectivity index (χ0) is 17.0. The number of aryl methyl sites for hydroxylation is 2. The summed E-state index contributed by atoms with van der Waals surface area (Å²) in [4.78, 5) is 23.3. The van der Waals surface area contributed by atoms with Gasteiger partial charge in [0, 0.05) is 30.6 Å². The number of hydrogen-bond donors (Lipinski definition) is 2. The fourth-order valence-electron chi connectivity index (χ4n) is 2.83. The van der Waals surface area contributed by atoms with E-state index in [0.29, 0.717) is 12.8 Å². The van der Waals surface area contributed by atoms with Crippen LogP contribution < -0.4 is 5.32 Å². The minimum absolute atomic E-state index is 0.217. The summed E-state index contributed by atoms with van der Waals surface area (Å²) in [6.07, 6.45) is 3.35. The third-order valence-corrected chi connectivity index (χ3v) is 3.94. The number of para-hydroxylation sites is 1. The lowest BCUT2D eigenvalue weighted by atomic mass is 10.0. The standard InChI is InChI=1S/C18H24N2O3/c1-12(2)10-15(18(22)23)19-17(21)9-8-13-11-20(3)16-7-5-4-6-14(13)16/h4-7,11-12,15H,8-10H2,1-3H3,(H,19,21)(H,22,23). The number of hydrogen-bond acceptors (Lipinski definition) is 2. The van der Waals surface area contributed by atoms with Crippen molar-refractivity contribution in [2.24, 2.45) is 13.0 Å². The first-order valence-electron chi connectivity index (χ1n) is 7.93. The number of carboxylic acids is 1. The highest BCUT2D eigenvalue weighted by Crippen LogP contribution is 2.21. The maximum atomic E-state index is 12.1. The second kappa shape index (κ2) is 7.31. The smallest absolute Gasteiger partial charge is 0.326 e. The maximum Gasteiger partial charge on any atom is 0.326 e. The second-order valence-electron chi connectivity index (χ2n) is 6.37. The molecule has 0 bridgehead atoms. The maximum absolute atomic E-state index is 12.1. The fourth-order valence-corrected chi connectivity index (χ4v) is 2.83. The molecule has 2 rings (SSSR count). The molecule has 0 aliphatic carbocycles. The van der Waals surface area contributed by atoms with Crippen LogP contribution in [0.25, 0.3) is 10.9 Å². The number of carbonyl (C=O) groups is 2. The third kappa shape index (κ3) is 4.34. The minimum atomic E-state index is -0.975. The number of aromatic nitrogens is 1. The predicted molar refractivity (Wildman–Crippen MR) is 90.3 cm³/mol. The van der Waals surface area contributed by atoms with E-state index in [2.05, 4.69) is 5.32 Å². The highest BCUT2D eigenvalue weighted by Gasteiger charge is 2.21. The Hall–Kier alpha value is -2.30.